The van der Waals surface area contributed by atoms with Gasteiger partial charge in [-0.1, -0.05) is 41.6 Å². The smallest absolute Gasteiger partial charge is 0.409 e. The van der Waals surface area contributed by atoms with E-state index in [1.165, 1.54) is 17.3 Å². The van der Waals surface area contributed by atoms with E-state index in [9.17, 15) is 9.59 Å². The molecule has 1 fully saturated rings. The molecule has 0 spiro atoms. The second kappa shape index (κ2) is 11.3. The lowest BCUT2D eigenvalue weighted by Crippen LogP contribution is -2.51. The summed E-state index contributed by atoms with van der Waals surface area (Å²) in [5.74, 6) is 1.07. The van der Waals surface area contributed by atoms with Crippen molar-refractivity contribution in [3.05, 3.63) is 60.3 Å². The third-order valence-electron chi connectivity index (χ3n) is 5.85. The molecule has 0 radical (unpaired) electrons. The van der Waals surface area contributed by atoms with Gasteiger partial charge in [-0.25, -0.2) is 9.78 Å². The van der Waals surface area contributed by atoms with Crippen molar-refractivity contribution in [2.75, 3.05) is 45.6 Å². The molecule has 1 aromatic heterocycles. The van der Waals surface area contributed by atoms with Crippen LogP contribution in [0.4, 0.5) is 4.79 Å². The molecule has 35 heavy (non-hydrogen) atoms. The number of amides is 2. The Kier molecular flexibility index (Phi) is 7.97. The SMILES string of the molecule is CCOC(=O)N1CCN(C(=O)CSc2nc(-c3ccc(C)cc3)cn2-c2ccc(OC)cc2)CC1. The first kappa shape index (κ1) is 24.7. The summed E-state index contributed by atoms with van der Waals surface area (Å²) in [6.45, 7) is 6.15. The number of hydrogen-bond acceptors (Lipinski definition) is 6. The molecule has 1 aliphatic rings. The minimum atomic E-state index is -0.320. The van der Waals surface area contributed by atoms with Gasteiger partial charge < -0.3 is 19.3 Å². The van der Waals surface area contributed by atoms with E-state index in [0.717, 1.165) is 27.9 Å². The zero-order chi connectivity index (χ0) is 24.8. The van der Waals surface area contributed by atoms with Gasteiger partial charge in [0.1, 0.15) is 5.75 Å². The number of hydrogen-bond donors (Lipinski definition) is 0. The number of thioether (sulfide) groups is 1. The lowest BCUT2D eigenvalue weighted by Gasteiger charge is -2.34. The van der Waals surface area contributed by atoms with E-state index in [0.29, 0.717) is 32.8 Å². The normalized spacial score (nSPS) is 13.6. The van der Waals surface area contributed by atoms with Gasteiger partial charge in [0, 0.05) is 43.6 Å². The van der Waals surface area contributed by atoms with Crippen LogP contribution in [0.3, 0.4) is 0 Å². The van der Waals surface area contributed by atoms with Crippen LogP contribution in [-0.4, -0.2) is 77.0 Å². The number of methoxy groups -OCH3 is 1. The van der Waals surface area contributed by atoms with E-state index in [2.05, 4.69) is 31.2 Å². The number of ether oxygens (including phenoxy) is 2. The molecule has 1 saturated heterocycles. The van der Waals surface area contributed by atoms with E-state index in [1.54, 1.807) is 23.8 Å². The quantitative estimate of drug-likeness (QED) is 0.457. The number of imidazole rings is 1. The average Bonchev–Trinajstić information content (AvgIpc) is 3.32. The highest BCUT2D eigenvalue weighted by molar-refractivity contribution is 7.99. The number of aromatic nitrogens is 2. The van der Waals surface area contributed by atoms with Crippen LogP contribution in [-0.2, 0) is 9.53 Å². The summed E-state index contributed by atoms with van der Waals surface area (Å²) in [6.07, 6.45) is 1.68. The molecule has 0 saturated carbocycles. The third kappa shape index (κ3) is 5.97. The van der Waals surface area contributed by atoms with Crippen molar-refractivity contribution in [2.24, 2.45) is 0 Å². The molecule has 0 atom stereocenters. The molecular formula is C26H30N4O4S. The Hall–Kier alpha value is -3.46. The number of rotatable bonds is 7. The number of benzene rings is 2. The largest absolute Gasteiger partial charge is 0.497 e. The summed E-state index contributed by atoms with van der Waals surface area (Å²) in [4.78, 5) is 33.1. The van der Waals surface area contributed by atoms with Gasteiger partial charge in [0.25, 0.3) is 0 Å². The Morgan fingerprint density at radius 1 is 0.971 bits per heavy atom. The lowest BCUT2D eigenvalue weighted by atomic mass is 10.1. The predicted octanol–water partition coefficient (Wildman–Crippen LogP) is 4.25. The standard InChI is InChI=1S/C26H30N4O4S/c1-4-34-26(32)29-15-13-28(14-16-29)24(31)18-35-25-27-23(20-7-5-19(2)6-8-20)17-30(25)21-9-11-22(33-3)12-10-21/h5-12,17H,4,13-16,18H2,1-3H3. The number of nitrogens with zero attached hydrogens (tertiary/aromatic N) is 4. The molecule has 2 aromatic carbocycles. The molecule has 0 bridgehead atoms. The fourth-order valence-electron chi connectivity index (χ4n) is 3.83. The number of carbonyl (C=O) groups is 2. The highest BCUT2D eigenvalue weighted by Gasteiger charge is 2.25. The van der Waals surface area contributed by atoms with Crippen LogP contribution in [0.25, 0.3) is 16.9 Å². The van der Waals surface area contributed by atoms with Crippen molar-refractivity contribution in [1.29, 1.82) is 0 Å². The molecule has 2 heterocycles. The van der Waals surface area contributed by atoms with Crippen molar-refractivity contribution in [3.63, 3.8) is 0 Å². The van der Waals surface area contributed by atoms with Gasteiger partial charge in [-0.2, -0.15) is 0 Å². The Bertz CT molecular complexity index is 1150. The van der Waals surface area contributed by atoms with E-state index in [-0.39, 0.29) is 17.8 Å². The molecule has 0 aliphatic carbocycles. The van der Waals surface area contributed by atoms with Crippen molar-refractivity contribution < 1.29 is 19.1 Å². The van der Waals surface area contributed by atoms with Gasteiger partial charge in [-0.15, -0.1) is 0 Å². The lowest BCUT2D eigenvalue weighted by molar-refractivity contribution is -0.129. The van der Waals surface area contributed by atoms with E-state index < -0.39 is 0 Å². The van der Waals surface area contributed by atoms with Crippen molar-refractivity contribution in [3.8, 4) is 22.7 Å². The average molecular weight is 495 g/mol. The summed E-state index contributed by atoms with van der Waals surface area (Å²) < 4.78 is 12.4. The Morgan fingerprint density at radius 3 is 2.26 bits per heavy atom. The maximum absolute atomic E-state index is 12.9. The fraction of sp³-hybridized carbons (Fsp3) is 0.346. The molecule has 2 amide bonds. The van der Waals surface area contributed by atoms with Crippen molar-refractivity contribution in [1.82, 2.24) is 19.4 Å². The second-order valence-electron chi connectivity index (χ2n) is 8.20. The first-order valence-electron chi connectivity index (χ1n) is 11.6. The van der Waals surface area contributed by atoms with Gasteiger partial charge in [-0.3, -0.25) is 9.36 Å². The summed E-state index contributed by atoms with van der Waals surface area (Å²) >= 11 is 1.41. The Balaban J connectivity index is 1.48. The molecule has 8 nitrogen and oxygen atoms in total. The van der Waals surface area contributed by atoms with Gasteiger partial charge >= 0.3 is 6.09 Å². The summed E-state index contributed by atoms with van der Waals surface area (Å²) in [5.41, 5.74) is 3.99. The summed E-state index contributed by atoms with van der Waals surface area (Å²) in [5, 5.41) is 0.740. The summed E-state index contributed by atoms with van der Waals surface area (Å²) in [7, 11) is 1.64. The molecule has 1 aliphatic heterocycles. The van der Waals surface area contributed by atoms with Crippen LogP contribution in [0.1, 0.15) is 12.5 Å². The van der Waals surface area contributed by atoms with Crippen LogP contribution in [0.5, 0.6) is 5.75 Å². The number of aryl methyl sites for hydroxylation is 1. The maximum Gasteiger partial charge on any atom is 0.409 e. The zero-order valence-electron chi connectivity index (χ0n) is 20.3. The molecule has 184 valence electrons. The number of carbonyl (C=O) groups excluding carboxylic acids is 2. The van der Waals surface area contributed by atoms with Gasteiger partial charge in [0.2, 0.25) is 5.91 Å². The van der Waals surface area contributed by atoms with E-state index in [4.69, 9.17) is 14.5 Å². The molecule has 9 heteroatoms. The minimum absolute atomic E-state index is 0.0275. The Morgan fingerprint density at radius 2 is 1.63 bits per heavy atom. The predicted molar refractivity (Wildman–Crippen MR) is 136 cm³/mol. The van der Waals surface area contributed by atoms with Crippen LogP contribution in [0.2, 0.25) is 0 Å². The first-order valence-corrected chi connectivity index (χ1v) is 12.6. The third-order valence-corrected chi connectivity index (χ3v) is 6.79. The topological polar surface area (TPSA) is 76.9 Å². The van der Waals surface area contributed by atoms with Crippen LogP contribution in [0.15, 0.2) is 59.9 Å². The zero-order valence-corrected chi connectivity index (χ0v) is 21.1. The van der Waals surface area contributed by atoms with Crippen LogP contribution < -0.4 is 4.74 Å². The number of piperazine rings is 1. The monoisotopic (exact) mass is 494 g/mol. The molecule has 3 aromatic rings. The highest BCUT2D eigenvalue weighted by atomic mass is 32.2. The van der Waals surface area contributed by atoms with Crippen LogP contribution in [0, 0.1) is 6.92 Å². The highest BCUT2D eigenvalue weighted by Crippen LogP contribution is 2.28. The Labute approximate surface area is 209 Å². The van der Waals surface area contributed by atoms with E-state index in [1.807, 2.05) is 35.0 Å². The second-order valence-corrected chi connectivity index (χ2v) is 9.14. The molecule has 0 N–H and O–H groups in total. The van der Waals surface area contributed by atoms with E-state index >= 15 is 0 Å². The van der Waals surface area contributed by atoms with Gasteiger partial charge in [-0.05, 0) is 38.1 Å². The van der Waals surface area contributed by atoms with Crippen molar-refractivity contribution in [2.45, 2.75) is 19.0 Å². The molecule has 4 rings (SSSR count). The van der Waals surface area contributed by atoms with Crippen molar-refractivity contribution >= 4 is 23.8 Å². The maximum atomic E-state index is 12.9. The fourth-order valence-corrected chi connectivity index (χ4v) is 4.72. The minimum Gasteiger partial charge on any atom is -0.497 e. The molecular weight excluding hydrogens is 464 g/mol. The summed E-state index contributed by atoms with van der Waals surface area (Å²) in [6, 6.07) is 16.0. The van der Waals surface area contributed by atoms with Gasteiger partial charge in [0.05, 0.1) is 25.2 Å². The first-order chi connectivity index (χ1) is 17.0. The molecule has 0 unspecified atom stereocenters. The van der Waals surface area contributed by atoms with Gasteiger partial charge in [0.15, 0.2) is 5.16 Å². The van der Waals surface area contributed by atoms with Crippen LogP contribution >= 0.6 is 11.8 Å².